The Balaban J connectivity index is 2.74. The van der Waals surface area contributed by atoms with Crippen LogP contribution in [0.3, 0.4) is 0 Å². The Kier molecular flexibility index (Phi) is 3.94. The number of aromatic nitrogens is 1. The molecule has 1 heterocycles. The van der Waals surface area contributed by atoms with Gasteiger partial charge in [-0.05, 0) is 35.0 Å². The van der Waals surface area contributed by atoms with Gasteiger partial charge in [0.25, 0.3) is 0 Å². The van der Waals surface area contributed by atoms with Crippen LogP contribution in [0, 0.1) is 11.8 Å². The van der Waals surface area contributed by atoms with Crippen molar-refractivity contribution in [3.05, 3.63) is 28.5 Å². The topological polar surface area (TPSA) is 38.9 Å². The molecule has 0 saturated heterocycles. The van der Waals surface area contributed by atoms with Gasteiger partial charge in [0, 0.05) is 6.42 Å². The lowest BCUT2D eigenvalue weighted by molar-refractivity contribution is 0.722. The summed E-state index contributed by atoms with van der Waals surface area (Å²) in [6, 6.07) is 5.62. The molecule has 1 aromatic heterocycles. The summed E-state index contributed by atoms with van der Waals surface area (Å²) in [5, 5.41) is 0. The summed E-state index contributed by atoms with van der Waals surface area (Å²) in [5.41, 5.74) is 6.74. The van der Waals surface area contributed by atoms with Crippen molar-refractivity contribution < 1.29 is 0 Å². The minimum absolute atomic E-state index is 0.0926. The third-order valence-corrected chi connectivity index (χ3v) is 2.06. The van der Waals surface area contributed by atoms with E-state index < -0.39 is 0 Å². The predicted molar refractivity (Wildman–Crippen MR) is 56.9 cm³/mol. The van der Waals surface area contributed by atoms with Crippen LogP contribution in [0.2, 0.25) is 0 Å². The first-order valence-corrected chi connectivity index (χ1v) is 4.81. The molecule has 13 heavy (non-hydrogen) atoms. The van der Waals surface area contributed by atoms with E-state index in [1.54, 1.807) is 6.92 Å². The molecule has 0 saturated carbocycles. The minimum Gasteiger partial charge on any atom is -0.322 e. The van der Waals surface area contributed by atoms with Crippen molar-refractivity contribution in [2.75, 3.05) is 0 Å². The van der Waals surface area contributed by atoms with E-state index in [4.69, 9.17) is 5.73 Å². The number of nitrogens with two attached hydrogens (primary N) is 1. The van der Waals surface area contributed by atoms with Crippen LogP contribution in [0.15, 0.2) is 22.8 Å². The van der Waals surface area contributed by atoms with Gasteiger partial charge in [0.15, 0.2) is 0 Å². The van der Waals surface area contributed by atoms with Gasteiger partial charge in [0.1, 0.15) is 4.60 Å². The van der Waals surface area contributed by atoms with Gasteiger partial charge < -0.3 is 5.73 Å². The van der Waals surface area contributed by atoms with Crippen molar-refractivity contribution >= 4 is 15.9 Å². The summed E-state index contributed by atoms with van der Waals surface area (Å²) in [6.07, 6.45) is 0.653. The number of hydrogen-bond donors (Lipinski definition) is 1. The highest BCUT2D eigenvalue weighted by atomic mass is 79.9. The standard InChI is InChI=1S/C10H11BrN2/c1-2-3-5-8(12)9-6-4-7-10(11)13-9/h4,6-8H,5,12H2,1H3/t8-/m0/s1. The van der Waals surface area contributed by atoms with Gasteiger partial charge in [0.05, 0.1) is 11.7 Å². The van der Waals surface area contributed by atoms with Crippen molar-refractivity contribution in [3.8, 4) is 11.8 Å². The molecule has 3 heteroatoms. The Morgan fingerprint density at radius 3 is 3.00 bits per heavy atom. The maximum atomic E-state index is 5.86. The van der Waals surface area contributed by atoms with Gasteiger partial charge in [-0.3, -0.25) is 0 Å². The van der Waals surface area contributed by atoms with Gasteiger partial charge in [-0.2, -0.15) is 0 Å². The van der Waals surface area contributed by atoms with Gasteiger partial charge in [-0.25, -0.2) is 4.98 Å². The number of pyridine rings is 1. The van der Waals surface area contributed by atoms with Crippen LogP contribution < -0.4 is 5.73 Å². The molecule has 2 nitrogen and oxygen atoms in total. The van der Waals surface area contributed by atoms with Gasteiger partial charge >= 0.3 is 0 Å². The molecule has 0 aliphatic rings. The van der Waals surface area contributed by atoms with E-state index in [-0.39, 0.29) is 6.04 Å². The molecule has 0 unspecified atom stereocenters. The number of hydrogen-bond acceptors (Lipinski definition) is 2. The Hall–Kier alpha value is -0.850. The van der Waals surface area contributed by atoms with Crippen molar-refractivity contribution in [2.45, 2.75) is 19.4 Å². The lowest BCUT2D eigenvalue weighted by atomic mass is 10.1. The second kappa shape index (κ2) is 5.00. The molecule has 1 aromatic rings. The zero-order valence-electron chi connectivity index (χ0n) is 7.42. The van der Waals surface area contributed by atoms with E-state index in [1.807, 2.05) is 18.2 Å². The highest BCUT2D eigenvalue weighted by Gasteiger charge is 2.05. The molecule has 0 aliphatic heterocycles. The first-order valence-electron chi connectivity index (χ1n) is 4.01. The fourth-order valence-electron chi connectivity index (χ4n) is 0.947. The van der Waals surface area contributed by atoms with Gasteiger partial charge in [-0.15, -0.1) is 11.8 Å². The van der Waals surface area contributed by atoms with E-state index >= 15 is 0 Å². The highest BCUT2D eigenvalue weighted by Crippen LogP contribution is 2.13. The summed E-state index contributed by atoms with van der Waals surface area (Å²) in [4.78, 5) is 4.25. The third-order valence-electron chi connectivity index (χ3n) is 1.62. The molecule has 2 N–H and O–H groups in total. The largest absolute Gasteiger partial charge is 0.322 e. The molecular weight excluding hydrogens is 228 g/mol. The fourth-order valence-corrected chi connectivity index (χ4v) is 1.30. The molecule has 0 bridgehead atoms. The van der Waals surface area contributed by atoms with E-state index in [1.165, 1.54) is 0 Å². The van der Waals surface area contributed by atoms with E-state index in [2.05, 4.69) is 32.8 Å². The highest BCUT2D eigenvalue weighted by molar-refractivity contribution is 9.10. The van der Waals surface area contributed by atoms with Crippen LogP contribution >= 0.6 is 15.9 Å². The predicted octanol–water partition coefficient (Wildman–Crippen LogP) is 2.26. The zero-order valence-corrected chi connectivity index (χ0v) is 9.01. The normalized spacial score (nSPS) is 11.6. The number of nitrogens with zero attached hydrogens (tertiary/aromatic N) is 1. The third kappa shape index (κ3) is 3.17. The van der Waals surface area contributed by atoms with Crippen LogP contribution in [0.5, 0.6) is 0 Å². The minimum atomic E-state index is -0.0926. The monoisotopic (exact) mass is 238 g/mol. The maximum absolute atomic E-state index is 5.86. The Morgan fingerprint density at radius 1 is 1.62 bits per heavy atom. The maximum Gasteiger partial charge on any atom is 0.106 e. The van der Waals surface area contributed by atoms with Crippen molar-refractivity contribution in [2.24, 2.45) is 5.73 Å². The molecule has 0 amide bonds. The fraction of sp³-hybridized carbons (Fsp3) is 0.300. The lowest BCUT2D eigenvalue weighted by Gasteiger charge is -2.06. The first kappa shape index (κ1) is 10.2. The zero-order chi connectivity index (χ0) is 9.68. The molecule has 1 rings (SSSR count). The quantitative estimate of drug-likeness (QED) is 0.635. The second-order valence-electron chi connectivity index (χ2n) is 2.62. The smallest absolute Gasteiger partial charge is 0.106 e. The summed E-state index contributed by atoms with van der Waals surface area (Å²) < 4.78 is 0.810. The lowest BCUT2D eigenvalue weighted by Crippen LogP contribution is -2.11. The summed E-state index contributed by atoms with van der Waals surface area (Å²) in [5.74, 6) is 5.75. The van der Waals surface area contributed by atoms with Gasteiger partial charge in [0.2, 0.25) is 0 Å². The summed E-state index contributed by atoms with van der Waals surface area (Å²) in [6.45, 7) is 1.81. The molecule has 0 fully saturated rings. The second-order valence-corrected chi connectivity index (χ2v) is 3.44. The number of halogens is 1. The Bertz CT molecular complexity index is 338. The van der Waals surface area contributed by atoms with Gasteiger partial charge in [-0.1, -0.05) is 6.07 Å². The van der Waals surface area contributed by atoms with E-state index in [0.717, 1.165) is 10.3 Å². The van der Waals surface area contributed by atoms with Crippen molar-refractivity contribution in [1.29, 1.82) is 0 Å². The van der Waals surface area contributed by atoms with Crippen LogP contribution in [-0.2, 0) is 0 Å². The molecule has 0 radical (unpaired) electrons. The molecule has 0 aliphatic carbocycles. The molecular formula is C10H11BrN2. The van der Waals surface area contributed by atoms with Crippen LogP contribution in [0.4, 0.5) is 0 Å². The Labute approximate surface area is 86.7 Å². The summed E-state index contributed by atoms with van der Waals surface area (Å²) >= 11 is 3.30. The first-order chi connectivity index (χ1) is 6.24. The molecule has 68 valence electrons. The van der Waals surface area contributed by atoms with Crippen LogP contribution in [0.1, 0.15) is 25.1 Å². The van der Waals surface area contributed by atoms with Crippen molar-refractivity contribution in [1.82, 2.24) is 4.98 Å². The van der Waals surface area contributed by atoms with E-state index in [9.17, 15) is 0 Å². The average molecular weight is 239 g/mol. The summed E-state index contributed by atoms with van der Waals surface area (Å²) in [7, 11) is 0. The molecule has 1 atom stereocenters. The van der Waals surface area contributed by atoms with E-state index in [0.29, 0.717) is 6.42 Å². The SMILES string of the molecule is CC#CC[C@H](N)c1cccc(Br)n1. The average Bonchev–Trinajstić information content (AvgIpc) is 2.14. The van der Waals surface area contributed by atoms with Crippen LogP contribution in [-0.4, -0.2) is 4.98 Å². The Morgan fingerprint density at radius 2 is 2.38 bits per heavy atom. The molecule has 0 aromatic carbocycles. The molecule has 0 spiro atoms. The van der Waals surface area contributed by atoms with Crippen LogP contribution in [0.25, 0.3) is 0 Å². The van der Waals surface area contributed by atoms with Crippen molar-refractivity contribution in [3.63, 3.8) is 0 Å². The number of rotatable bonds is 2.